The van der Waals surface area contributed by atoms with Crippen LogP contribution in [0.3, 0.4) is 0 Å². The van der Waals surface area contributed by atoms with E-state index in [4.69, 9.17) is 4.74 Å². The van der Waals surface area contributed by atoms with Crippen molar-refractivity contribution in [2.45, 2.75) is 46.1 Å². The topological polar surface area (TPSA) is 58.6 Å². The van der Waals surface area contributed by atoms with E-state index in [9.17, 15) is 9.59 Å². The Kier molecular flexibility index (Phi) is 6.34. The third kappa shape index (κ3) is 4.35. The number of nitrogens with zero attached hydrogens (tertiary/aromatic N) is 1. The molecule has 0 aromatic heterocycles. The Morgan fingerprint density at radius 2 is 1.96 bits per heavy atom. The summed E-state index contributed by atoms with van der Waals surface area (Å²) >= 11 is 0. The highest BCUT2D eigenvalue weighted by molar-refractivity contribution is 6.06. The van der Waals surface area contributed by atoms with Gasteiger partial charge in [-0.05, 0) is 75.9 Å². The number of hydrogen-bond donors (Lipinski definition) is 1. The molecule has 1 heterocycles. The normalized spacial score (nSPS) is 16.5. The maximum absolute atomic E-state index is 12.9. The molecule has 1 saturated heterocycles. The van der Waals surface area contributed by atoms with Crippen molar-refractivity contribution in [3.8, 4) is 5.75 Å². The number of likely N-dealkylation sites (tertiary alicyclic amines) is 1. The van der Waals surface area contributed by atoms with Crippen molar-refractivity contribution in [1.82, 2.24) is 4.90 Å². The zero-order chi connectivity index (χ0) is 20.1. The number of rotatable bonds is 5. The molecular formula is C23H28N2O3. The first-order chi connectivity index (χ1) is 13.5. The summed E-state index contributed by atoms with van der Waals surface area (Å²) in [6.45, 7) is 7.20. The summed E-state index contributed by atoms with van der Waals surface area (Å²) in [4.78, 5) is 27.5. The van der Waals surface area contributed by atoms with Gasteiger partial charge in [-0.2, -0.15) is 0 Å². The molecule has 28 heavy (non-hydrogen) atoms. The lowest BCUT2D eigenvalue weighted by atomic mass is 10.0. The lowest BCUT2D eigenvalue weighted by Crippen LogP contribution is -2.42. The van der Waals surface area contributed by atoms with E-state index in [0.29, 0.717) is 29.2 Å². The van der Waals surface area contributed by atoms with Gasteiger partial charge in [-0.25, -0.2) is 0 Å². The van der Waals surface area contributed by atoms with Crippen LogP contribution in [-0.4, -0.2) is 35.9 Å². The zero-order valence-corrected chi connectivity index (χ0v) is 16.8. The molecule has 0 radical (unpaired) electrons. The highest BCUT2D eigenvalue weighted by Crippen LogP contribution is 2.24. The first kappa shape index (κ1) is 19.9. The van der Waals surface area contributed by atoms with Crippen LogP contribution < -0.4 is 10.1 Å². The second-order valence-corrected chi connectivity index (χ2v) is 7.26. The number of carbonyl (C=O) groups is 2. The van der Waals surface area contributed by atoms with Gasteiger partial charge >= 0.3 is 0 Å². The van der Waals surface area contributed by atoms with Gasteiger partial charge in [0.2, 0.25) is 0 Å². The van der Waals surface area contributed by atoms with Crippen molar-refractivity contribution in [2.24, 2.45) is 0 Å². The van der Waals surface area contributed by atoms with Gasteiger partial charge in [-0.15, -0.1) is 0 Å². The Bertz CT molecular complexity index is 863. The smallest absolute Gasteiger partial charge is 0.259 e. The molecule has 0 bridgehead atoms. The molecule has 2 amide bonds. The van der Waals surface area contributed by atoms with Gasteiger partial charge in [0.05, 0.1) is 12.2 Å². The summed E-state index contributed by atoms with van der Waals surface area (Å²) in [6, 6.07) is 12.9. The molecule has 1 N–H and O–H groups in total. The predicted octanol–water partition coefficient (Wildman–Crippen LogP) is 4.66. The molecule has 1 atom stereocenters. The number of hydrogen-bond acceptors (Lipinski definition) is 3. The summed E-state index contributed by atoms with van der Waals surface area (Å²) in [7, 11) is 0. The van der Waals surface area contributed by atoms with E-state index in [1.54, 1.807) is 24.3 Å². The fourth-order valence-corrected chi connectivity index (χ4v) is 3.63. The van der Waals surface area contributed by atoms with E-state index in [0.717, 1.165) is 24.9 Å². The van der Waals surface area contributed by atoms with Crippen molar-refractivity contribution < 1.29 is 14.3 Å². The molecule has 3 rings (SSSR count). The number of para-hydroxylation sites is 1. The number of nitrogens with one attached hydrogen (secondary N) is 1. The second kappa shape index (κ2) is 8.91. The molecular weight excluding hydrogens is 352 g/mol. The van der Waals surface area contributed by atoms with E-state index in [-0.39, 0.29) is 17.9 Å². The van der Waals surface area contributed by atoms with E-state index < -0.39 is 0 Å². The number of anilines is 1. The average Bonchev–Trinajstić information content (AvgIpc) is 2.70. The van der Waals surface area contributed by atoms with Crippen molar-refractivity contribution in [3.05, 3.63) is 59.2 Å². The number of aryl methyl sites for hydroxylation is 1. The van der Waals surface area contributed by atoms with Crippen molar-refractivity contribution in [2.75, 3.05) is 18.5 Å². The molecule has 0 spiro atoms. The van der Waals surface area contributed by atoms with Crippen LogP contribution in [-0.2, 0) is 0 Å². The molecule has 0 saturated carbocycles. The van der Waals surface area contributed by atoms with Crippen molar-refractivity contribution in [1.29, 1.82) is 0 Å². The first-order valence-corrected chi connectivity index (χ1v) is 9.96. The Labute approximate surface area is 166 Å². The highest BCUT2D eigenvalue weighted by Gasteiger charge is 2.24. The van der Waals surface area contributed by atoms with Crippen LogP contribution in [0.25, 0.3) is 0 Å². The summed E-state index contributed by atoms with van der Waals surface area (Å²) in [5.74, 6) is 0.400. The fourth-order valence-electron chi connectivity index (χ4n) is 3.63. The summed E-state index contributed by atoms with van der Waals surface area (Å²) in [5.41, 5.74) is 2.71. The van der Waals surface area contributed by atoms with Gasteiger partial charge in [0.15, 0.2) is 0 Å². The quantitative estimate of drug-likeness (QED) is 0.821. The minimum atomic E-state index is -0.226. The molecule has 2 aromatic carbocycles. The number of ether oxygens (including phenoxy) is 1. The Balaban J connectivity index is 1.76. The van der Waals surface area contributed by atoms with Crippen molar-refractivity contribution in [3.63, 3.8) is 0 Å². The van der Waals surface area contributed by atoms with Crippen LogP contribution >= 0.6 is 0 Å². The van der Waals surface area contributed by atoms with Gasteiger partial charge in [0, 0.05) is 23.8 Å². The molecule has 1 fully saturated rings. The average molecular weight is 380 g/mol. The summed E-state index contributed by atoms with van der Waals surface area (Å²) in [6.07, 6.45) is 3.29. The largest absolute Gasteiger partial charge is 0.493 e. The molecule has 5 nitrogen and oxygen atoms in total. The number of benzene rings is 2. The predicted molar refractivity (Wildman–Crippen MR) is 111 cm³/mol. The van der Waals surface area contributed by atoms with Crippen LogP contribution in [0.4, 0.5) is 5.69 Å². The molecule has 2 aromatic rings. The molecule has 1 unspecified atom stereocenters. The summed E-state index contributed by atoms with van der Waals surface area (Å²) in [5, 5.41) is 2.94. The Hall–Kier alpha value is -2.82. The fraction of sp³-hybridized carbons (Fsp3) is 0.391. The van der Waals surface area contributed by atoms with Crippen molar-refractivity contribution >= 4 is 17.5 Å². The minimum absolute atomic E-state index is 0.0647. The van der Waals surface area contributed by atoms with E-state index in [1.165, 1.54) is 6.42 Å². The van der Waals surface area contributed by atoms with Crippen LogP contribution in [0.1, 0.15) is 59.4 Å². The van der Waals surface area contributed by atoms with Gasteiger partial charge in [0.1, 0.15) is 5.75 Å². The van der Waals surface area contributed by atoms with Crippen LogP contribution in [0.2, 0.25) is 0 Å². The Morgan fingerprint density at radius 1 is 1.18 bits per heavy atom. The van der Waals surface area contributed by atoms with Crippen LogP contribution in [0, 0.1) is 6.92 Å². The van der Waals surface area contributed by atoms with E-state index in [2.05, 4.69) is 12.2 Å². The maximum Gasteiger partial charge on any atom is 0.259 e. The monoisotopic (exact) mass is 380 g/mol. The summed E-state index contributed by atoms with van der Waals surface area (Å²) < 4.78 is 5.54. The lowest BCUT2D eigenvalue weighted by molar-refractivity contribution is 0.0635. The molecule has 0 aliphatic carbocycles. The highest BCUT2D eigenvalue weighted by atomic mass is 16.5. The lowest BCUT2D eigenvalue weighted by Gasteiger charge is -2.33. The second-order valence-electron chi connectivity index (χ2n) is 7.26. The number of amides is 2. The minimum Gasteiger partial charge on any atom is -0.493 e. The van der Waals surface area contributed by atoms with Gasteiger partial charge in [-0.3, -0.25) is 9.59 Å². The maximum atomic E-state index is 12.9. The Morgan fingerprint density at radius 3 is 2.68 bits per heavy atom. The third-order valence-corrected chi connectivity index (χ3v) is 5.22. The molecule has 1 aliphatic heterocycles. The SMILES string of the molecule is CCOc1ccccc1C(=O)Nc1ccc(C(=O)N2CCCCC2C)cc1C. The first-order valence-electron chi connectivity index (χ1n) is 9.96. The molecule has 1 aliphatic rings. The van der Waals surface area contributed by atoms with E-state index >= 15 is 0 Å². The van der Waals surface area contributed by atoms with Crippen LogP contribution in [0.15, 0.2) is 42.5 Å². The van der Waals surface area contributed by atoms with Gasteiger partial charge in [0.25, 0.3) is 11.8 Å². The van der Waals surface area contributed by atoms with E-state index in [1.807, 2.05) is 36.9 Å². The number of carbonyl (C=O) groups excluding carboxylic acids is 2. The molecule has 148 valence electrons. The third-order valence-electron chi connectivity index (χ3n) is 5.22. The van der Waals surface area contributed by atoms with Gasteiger partial charge in [-0.1, -0.05) is 12.1 Å². The standard InChI is InChI=1S/C23H28N2O3/c1-4-28-21-11-6-5-10-19(21)22(26)24-20-13-12-18(15-16(20)2)23(27)25-14-8-7-9-17(25)3/h5-6,10-13,15,17H,4,7-9,14H2,1-3H3,(H,24,26). The van der Waals surface area contributed by atoms with Gasteiger partial charge < -0.3 is 15.0 Å². The van der Waals surface area contributed by atoms with Crippen LogP contribution in [0.5, 0.6) is 5.75 Å². The number of piperidine rings is 1. The molecule has 5 heteroatoms. The zero-order valence-electron chi connectivity index (χ0n) is 16.8.